The van der Waals surface area contributed by atoms with Crippen LogP contribution >= 0.6 is 23.2 Å². The molecule has 0 aromatic heterocycles. The maximum atomic E-state index is 13.0. The number of carbonyl (C=O) groups excluding carboxylic acids is 3. The van der Waals surface area contributed by atoms with Gasteiger partial charge in [-0.2, -0.15) is 0 Å². The average molecular weight is 465 g/mol. The summed E-state index contributed by atoms with van der Waals surface area (Å²) < 4.78 is 16.1. The van der Waals surface area contributed by atoms with Gasteiger partial charge in [-0.25, -0.2) is 4.79 Å². The molecule has 1 fully saturated rings. The number of ether oxygens (including phenoxy) is 3. The van der Waals surface area contributed by atoms with Gasteiger partial charge in [-0.05, 0) is 36.8 Å². The number of hydrogen-bond donors (Lipinski definition) is 1. The van der Waals surface area contributed by atoms with Crippen molar-refractivity contribution in [1.82, 2.24) is 4.90 Å². The first-order chi connectivity index (χ1) is 14.8. The molecule has 0 spiro atoms. The van der Waals surface area contributed by atoms with E-state index in [4.69, 9.17) is 37.4 Å². The molecule has 2 amide bonds. The van der Waals surface area contributed by atoms with E-state index >= 15 is 0 Å². The molecule has 162 valence electrons. The van der Waals surface area contributed by atoms with E-state index in [0.29, 0.717) is 27.0 Å². The second-order valence-corrected chi connectivity index (χ2v) is 7.81. The predicted octanol–water partition coefficient (Wildman–Crippen LogP) is 3.81. The van der Waals surface area contributed by atoms with E-state index in [1.807, 2.05) is 0 Å². The van der Waals surface area contributed by atoms with Crippen LogP contribution in [0.5, 0.6) is 11.5 Å². The largest absolute Gasteiger partial charge is 0.493 e. The van der Waals surface area contributed by atoms with E-state index in [0.717, 1.165) is 0 Å². The Kier molecular flexibility index (Phi) is 5.68. The molecule has 31 heavy (non-hydrogen) atoms. The number of hydrogen-bond acceptors (Lipinski definition) is 6. The molecule has 0 radical (unpaired) electrons. The van der Waals surface area contributed by atoms with Gasteiger partial charge < -0.3 is 19.5 Å². The van der Waals surface area contributed by atoms with Crippen LogP contribution < -0.4 is 14.8 Å². The van der Waals surface area contributed by atoms with Crippen molar-refractivity contribution in [2.75, 3.05) is 19.5 Å². The number of methoxy groups -OCH3 is 2. The first-order valence-corrected chi connectivity index (χ1v) is 10.1. The third kappa shape index (κ3) is 3.66. The van der Waals surface area contributed by atoms with Crippen molar-refractivity contribution in [3.05, 3.63) is 51.5 Å². The Labute approximate surface area is 188 Å². The van der Waals surface area contributed by atoms with Gasteiger partial charge in [0.25, 0.3) is 0 Å². The molecule has 10 heteroatoms. The third-order valence-corrected chi connectivity index (χ3v) is 6.00. The predicted molar refractivity (Wildman–Crippen MR) is 113 cm³/mol. The lowest BCUT2D eigenvalue weighted by molar-refractivity contribution is -0.144. The second kappa shape index (κ2) is 8.28. The summed E-state index contributed by atoms with van der Waals surface area (Å²) in [7, 11) is 2.86. The summed E-state index contributed by atoms with van der Waals surface area (Å²) in [5.41, 5.74) is 1.05. The number of amides is 2. The van der Waals surface area contributed by atoms with E-state index < -0.39 is 24.1 Å². The fraction of sp³-hybridized carbons (Fsp3) is 0.286. The Morgan fingerprint density at radius 1 is 1.13 bits per heavy atom. The number of esters is 1. The summed E-state index contributed by atoms with van der Waals surface area (Å²) in [4.78, 5) is 39.6. The Morgan fingerprint density at radius 2 is 1.90 bits per heavy atom. The number of fused-ring (bicyclic) bond motifs is 1. The fourth-order valence-corrected chi connectivity index (χ4v) is 4.14. The normalized spacial score (nSPS) is 19.8. The first kappa shape index (κ1) is 21.3. The number of cyclic esters (lactones) is 1. The van der Waals surface area contributed by atoms with Crippen molar-refractivity contribution in [1.29, 1.82) is 0 Å². The van der Waals surface area contributed by atoms with Crippen LogP contribution in [0, 0.1) is 0 Å². The molecule has 4 rings (SSSR count). The van der Waals surface area contributed by atoms with Gasteiger partial charge in [0.1, 0.15) is 11.6 Å². The summed E-state index contributed by atoms with van der Waals surface area (Å²) in [5, 5.41) is 3.39. The van der Waals surface area contributed by atoms with Gasteiger partial charge in [0.15, 0.2) is 11.5 Å². The van der Waals surface area contributed by atoms with Crippen molar-refractivity contribution in [3.8, 4) is 11.5 Å². The standard InChI is InChI=1S/C21H18Cl2N2O6/c1-29-15-7-4-11-17(18(15)30-2)21(28)31-20(11)25-14(6-8-16(25)26)19(27)24-10-3-5-12(22)13(23)9-10/h3-5,7,9,14,20H,6,8H2,1-2H3,(H,24,27)/t14-,20?/m0/s1. The quantitative estimate of drug-likeness (QED) is 0.676. The number of anilines is 1. The molecule has 1 saturated heterocycles. The number of likely N-dealkylation sites (tertiary alicyclic amines) is 1. The van der Waals surface area contributed by atoms with Gasteiger partial charge in [-0.15, -0.1) is 0 Å². The summed E-state index contributed by atoms with van der Waals surface area (Å²) in [6, 6.07) is 7.11. The first-order valence-electron chi connectivity index (χ1n) is 9.38. The highest BCUT2D eigenvalue weighted by Gasteiger charge is 2.47. The summed E-state index contributed by atoms with van der Waals surface area (Å²) in [6.07, 6.45) is -0.611. The second-order valence-electron chi connectivity index (χ2n) is 7.00. The molecule has 2 aromatic carbocycles. The highest BCUT2D eigenvalue weighted by Crippen LogP contribution is 2.45. The molecule has 0 saturated carbocycles. The van der Waals surface area contributed by atoms with Crippen LogP contribution in [-0.4, -0.2) is 42.9 Å². The van der Waals surface area contributed by atoms with Crippen molar-refractivity contribution < 1.29 is 28.6 Å². The lowest BCUT2D eigenvalue weighted by Crippen LogP contribution is -2.43. The molecule has 2 aliphatic rings. The maximum Gasteiger partial charge on any atom is 0.344 e. The van der Waals surface area contributed by atoms with Crippen LogP contribution in [0.25, 0.3) is 0 Å². The van der Waals surface area contributed by atoms with Crippen LogP contribution in [0.1, 0.15) is 35.0 Å². The van der Waals surface area contributed by atoms with Crippen molar-refractivity contribution in [2.24, 2.45) is 0 Å². The Morgan fingerprint density at radius 3 is 2.58 bits per heavy atom. The molecule has 1 N–H and O–H groups in total. The van der Waals surface area contributed by atoms with Crippen LogP contribution in [-0.2, 0) is 14.3 Å². The van der Waals surface area contributed by atoms with Gasteiger partial charge in [-0.3, -0.25) is 14.5 Å². The molecule has 2 heterocycles. The van der Waals surface area contributed by atoms with E-state index in [9.17, 15) is 14.4 Å². The Hall–Kier alpha value is -2.97. The fourth-order valence-electron chi connectivity index (χ4n) is 3.84. The SMILES string of the molecule is COc1ccc2c(c1OC)C(=O)OC2N1C(=O)CC[C@H]1C(=O)Nc1ccc(Cl)c(Cl)c1. The number of nitrogens with zero attached hydrogens (tertiary/aromatic N) is 1. The van der Waals surface area contributed by atoms with Gasteiger partial charge in [0.05, 0.1) is 24.3 Å². The number of benzene rings is 2. The van der Waals surface area contributed by atoms with E-state index in [2.05, 4.69) is 5.32 Å². The van der Waals surface area contributed by atoms with Gasteiger partial charge in [0.2, 0.25) is 18.0 Å². The lowest BCUT2D eigenvalue weighted by atomic mass is 10.1. The van der Waals surface area contributed by atoms with E-state index in [1.54, 1.807) is 24.3 Å². The van der Waals surface area contributed by atoms with E-state index in [-0.39, 0.29) is 30.1 Å². The molecule has 0 bridgehead atoms. The number of rotatable bonds is 5. The lowest BCUT2D eigenvalue weighted by Gasteiger charge is -2.29. The molecular formula is C21H18Cl2N2O6. The van der Waals surface area contributed by atoms with Crippen molar-refractivity contribution >= 4 is 46.7 Å². The molecule has 8 nitrogen and oxygen atoms in total. The molecule has 0 aliphatic carbocycles. The zero-order chi connectivity index (χ0) is 22.3. The zero-order valence-electron chi connectivity index (χ0n) is 16.6. The molecule has 1 unspecified atom stereocenters. The topological polar surface area (TPSA) is 94.2 Å². The number of carbonyl (C=O) groups is 3. The van der Waals surface area contributed by atoms with Gasteiger partial charge in [0, 0.05) is 17.7 Å². The monoisotopic (exact) mass is 464 g/mol. The summed E-state index contributed by atoms with van der Waals surface area (Å²) in [5.74, 6) is -0.792. The highest BCUT2D eigenvalue weighted by atomic mass is 35.5. The van der Waals surface area contributed by atoms with Crippen LogP contribution in [0.3, 0.4) is 0 Å². The zero-order valence-corrected chi connectivity index (χ0v) is 18.1. The highest BCUT2D eigenvalue weighted by molar-refractivity contribution is 6.42. The minimum atomic E-state index is -1.04. The van der Waals surface area contributed by atoms with Crippen LogP contribution in [0.15, 0.2) is 30.3 Å². The van der Waals surface area contributed by atoms with Crippen molar-refractivity contribution in [2.45, 2.75) is 25.1 Å². The molecule has 2 aromatic rings. The number of nitrogens with one attached hydrogen (secondary N) is 1. The Balaban J connectivity index is 1.64. The minimum Gasteiger partial charge on any atom is -0.493 e. The average Bonchev–Trinajstić information content (AvgIpc) is 3.29. The molecule has 2 aliphatic heterocycles. The summed E-state index contributed by atoms with van der Waals surface area (Å²) in [6.45, 7) is 0. The Bertz CT molecular complexity index is 1090. The minimum absolute atomic E-state index is 0.149. The van der Waals surface area contributed by atoms with Gasteiger partial charge in [-0.1, -0.05) is 23.2 Å². The van der Waals surface area contributed by atoms with Crippen LogP contribution in [0.4, 0.5) is 5.69 Å². The summed E-state index contributed by atoms with van der Waals surface area (Å²) >= 11 is 11.9. The van der Waals surface area contributed by atoms with Gasteiger partial charge >= 0.3 is 5.97 Å². The smallest absolute Gasteiger partial charge is 0.344 e. The van der Waals surface area contributed by atoms with Crippen molar-refractivity contribution in [3.63, 3.8) is 0 Å². The number of halogens is 2. The third-order valence-electron chi connectivity index (χ3n) is 5.26. The maximum absolute atomic E-state index is 13.0. The van der Waals surface area contributed by atoms with E-state index in [1.165, 1.54) is 25.2 Å². The molecular weight excluding hydrogens is 447 g/mol. The molecule has 2 atom stereocenters. The van der Waals surface area contributed by atoms with Crippen LogP contribution in [0.2, 0.25) is 10.0 Å².